The Morgan fingerprint density at radius 3 is 2.07 bits per heavy atom. The molecule has 0 radical (unpaired) electrons. The molecule has 2 saturated carbocycles. The topological polar surface area (TPSA) is 185 Å². The van der Waals surface area contributed by atoms with Crippen LogP contribution in [0, 0.1) is 42.4 Å². The Labute approximate surface area is 335 Å². The Kier molecular flexibility index (Phi) is 16.0. The van der Waals surface area contributed by atoms with Gasteiger partial charge in [-0.25, -0.2) is 24.0 Å². The van der Waals surface area contributed by atoms with Gasteiger partial charge in [0, 0.05) is 12.5 Å². The number of ether oxygens (including phenoxy) is 1. The summed E-state index contributed by atoms with van der Waals surface area (Å²) in [5.41, 5.74) is 0.798. The number of nitrogens with one attached hydrogen (secondary N) is 3. The molecule has 1 aliphatic heterocycles. The van der Waals surface area contributed by atoms with Crippen LogP contribution in [0.3, 0.4) is 0 Å². The lowest BCUT2D eigenvalue weighted by atomic mass is 9.75. The number of aliphatic imine (C=N–C) groups is 1. The lowest BCUT2D eigenvalue weighted by Gasteiger charge is -2.37. The third-order valence-electron chi connectivity index (χ3n) is 11.2. The normalized spacial score (nSPS) is 28.5. The van der Waals surface area contributed by atoms with Crippen LogP contribution < -0.4 is 10.6 Å². The van der Waals surface area contributed by atoms with Crippen LogP contribution in [-0.4, -0.2) is 70.5 Å². The number of hydrogen-bond acceptors (Lipinski definition) is 10. The number of thioether (sulfide) groups is 1. The summed E-state index contributed by atoms with van der Waals surface area (Å²) >= 11 is 1.20. The number of amides is 2. The maximum atomic E-state index is 16.9. The highest BCUT2D eigenvalue weighted by molar-refractivity contribution is 8.00. The summed E-state index contributed by atoms with van der Waals surface area (Å²) in [6, 6.07) is 0. The molecule has 2 aliphatic carbocycles. The summed E-state index contributed by atoms with van der Waals surface area (Å²) in [6.45, 7) is 19.0. The molecule has 0 saturated heterocycles. The van der Waals surface area contributed by atoms with Gasteiger partial charge in [-0.05, 0) is 105 Å². The molecular weight excluding hydrogens is 764 g/mol. The molecule has 3 aliphatic rings. The summed E-state index contributed by atoms with van der Waals surface area (Å²) in [4.78, 5) is 59.1. The van der Waals surface area contributed by atoms with E-state index < -0.39 is 44.9 Å². The van der Waals surface area contributed by atoms with Gasteiger partial charge in [0.05, 0.1) is 22.8 Å². The summed E-state index contributed by atoms with van der Waals surface area (Å²) in [5.74, 6) is -0.752. The number of aromatic nitrogens is 1. The first-order valence-electron chi connectivity index (χ1n) is 19.8. The molecule has 56 heavy (non-hydrogen) atoms. The molecule has 2 fully saturated rings. The average molecular weight is 825 g/mol. The molecular formula is C40H61FN4O9S2. The van der Waals surface area contributed by atoms with Crippen LogP contribution in [0.4, 0.5) is 10.2 Å². The number of halogens is 1. The first kappa shape index (κ1) is 45.6. The zero-order valence-electron chi connectivity index (χ0n) is 34.4. The van der Waals surface area contributed by atoms with Gasteiger partial charge in [0.2, 0.25) is 11.8 Å². The molecule has 0 bridgehead atoms. The Bertz CT molecular complexity index is 1800. The highest BCUT2D eigenvalue weighted by atomic mass is 32.2. The monoisotopic (exact) mass is 824 g/mol. The number of hydrogen-bond donors (Lipinski definition) is 4. The zero-order valence-corrected chi connectivity index (χ0v) is 36.0. The number of esters is 1. The second-order valence-corrected chi connectivity index (χ2v) is 19.3. The van der Waals surface area contributed by atoms with Crippen LogP contribution in [0.2, 0.25) is 0 Å². The maximum absolute atomic E-state index is 16.9. The molecule has 1 aromatic heterocycles. The second-order valence-electron chi connectivity index (χ2n) is 16.4. The highest BCUT2D eigenvalue weighted by Crippen LogP contribution is 2.40. The van der Waals surface area contributed by atoms with Crippen molar-refractivity contribution in [3.63, 3.8) is 0 Å². The van der Waals surface area contributed by atoms with Gasteiger partial charge in [-0.2, -0.15) is 8.42 Å². The molecule has 5 atom stereocenters. The number of allylic oxidation sites excluding steroid dienone is 1. The van der Waals surface area contributed by atoms with E-state index in [1.54, 1.807) is 20.8 Å². The van der Waals surface area contributed by atoms with Crippen LogP contribution >= 0.6 is 11.8 Å². The van der Waals surface area contributed by atoms with Crippen molar-refractivity contribution in [1.29, 1.82) is 0 Å². The smallest absolute Gasteiger partial charge is 0.342 e. The minimum absolute atomic E-state index is 0.00306. The van der Waals surface area contributed by atoms with Gasteiger partial charge < -0.3 is 20.4 Å². The fourth-order valence-corrected chi connectivity index (χ4v) is 10.5. The van der Waals surface area contributed by atoms with Crippen molar-refractivity contribution in [2.45, 2.75) is 132 Å². The van der Waals surface area contributed by atoms with Gasteiger partial charge in [-0.15, -0.1) is 11.8 Å². The predicted octanol–water partition coefficient (Wildman–Crippen LogP) is 7.69. The predicted molar refractivity (Wildman–Crippen MR) is 217 cm³/mol. The second kappa shape index (κ2) is 19.6. The van der Waals surface area contributed by atoms with E-state index in [0.29, 0.717) is 29.4 Å². The number of anilines is 1. The highest BCUT2D eigenvalue weighted by Gasteiger charge is 2.39. The lowest BCUT2D eigenvalue weighted by Crippen LogP contribution is -2.41. The minimum Gasteiger partial charge on any atom is -0.458 e. The van der Waals surface area contributed by atoms with Crippen molar-refractivity contribution in [1.82, 2.24) is 10.3 Å². The Hall–Kier alpha value is -3.05. The largest absolute Gasteiger partial charge is 0.458 e. The summed E-state index contributed by atoms with van der Waals surface area (Å²) in [6.07, 6.45) is 3.77. The fraction of sp³-hybridized carbons (Fsp3) is 0.700. The Morgan fingerprint density at radius 1 is 0.964 bits per heavy atom. The lowest BCUT2D eigenvalue weighted by molar-refractivity contribution is -0.354. The Morgan fingerprint density at radius 2 is 1.54 bits per heavy atom. The van der Waals surface area contributed by atoms with Gasteiger partial charge in [-0.3, -0.25) is 14.1 Å². The number of rotatable bonds is 15. The number of carbonyl (C=O) groups is 3. The van der Waals surface area contributed by atoms with Crippen LogP contribution in [-0.2, 0) is 45.6 Å². The molecule has 0 aromatic carbocycles. The van der Waals surface area contributed by atoms with Gasteiger partial charge in [0.15, 0.2) is 5.83 Å². The van der Waals surface area contributed by atoms with Crippen molar-refractivity contribution in [2.24, 2.45) is 40.5 Å². The van der Waals surface area contributed by atoms with Gasteiger partial charge in [0.25, 0.3) is 10.1 Å². The first-order valence-corrected chi connectivity index (χ1v) is 22.4. The van der Waals surface area contributed by atoms with E-state index in [0.717, 1.165) is 25.7 Å². The molecule has 2 heterocycles. The number of amidine groups is 1. The molecule has 2 amide bonds. The van der Waals surface area contributed by atoms with Crippen molar-refractivity contribution >= 4 is 57.1 Å². The Balaban J connectivity index is 1.68. The van der Waals surface area contributed by atoms with E-state index >= 15 is 4.39 Å². The molecule has 13 nitrogen and oxygen atoms in total. The summed E-state index contributed by atoms with van der Waals surface area (Å²) in [5, 5.41) is 4.80. The zero-order chi connectivity index (χ0) is 41.6. The van der Waals surface area contributed by atoms with E-state index in [-0.39, 0.29) is 88.7 Å². The number of aromatic amines is 1. The molecule has 1 aromatic rings. The van der Waals surface area contributed by atoms with Crippen molar-refractivity contribution in [2.75, 3.05) is 16.8 Å². The molecule has 16 heteroatoms. The summed E-state index contributed by atoms with van der Waals surface area (Å²) in [7, 11) is -4.14. The van der Waals surface area contributed by atoms with Gasteiger partial charge >= 0.3 is 5.97 Å². The van der Waals surface area contributed by atoms with Gasteiger partial charge in [-0.1, -0.05) is 48.5 Å². The van der Waals surface area contributed by atoms with Crippen molar-refractivity contribution in [3.05, 3.63) is 33.7 Å². The third-order valence-corrected chi connectivity index (χ3v) is 13.5. The van der Waals surface area contributed by atoms with E-state index in [2.05, 4.69) is 48.3 Å². The minimum atomic E-state index is -4.14. The number of H-pyrrole nitrogens is 1. The fourth-order valence-electron chi connectivity index (χ4n) is 8.74. The molecule has 4 N–H and O–H groups in total. The third kappa shape index (κ3) is 11.5. The average Bonchev–Trinajstić information content (AvgIpc) is 3.57. The van der Waals surface area contributed by atoms with Crippen LogP contribution in [0.25, 0.3) is 5.83 Å². The van der Waals surface area contributed by atoms with Crippen LogP contribution in [0.1, 0.15) is 118 Å². The standard InChI is InChI=1S/C40H61FN4O9S2/c1-11-30(55-13-12-14-56(49,50)51)39(47)45-38-31(40(48)53-35-22(4)15-20(2)16-23(35)5)27(9)34(44-38)32(41)33-26(8)29(37(43-33)42-28(10)46)19-52-54-36-24(6)17-21(3)18-25(36)7/h20-25,30,35-36,43H,11-19H2,1-10H3,(H,42,46)(H,44,45,47)(H,49,50,51)/b34-32+. The van der Waals surface area contributed by atoms with E-state index in [9.17, 15) is 22.8 Å². The van der Waals surface area contributed by atoms with Crippen molar-refractivity contribution < 1.29 is 46.3 Å². The van der Waals surface area contributed by atoms with E-state index in [1.807, 2.05) is 13.8 Å². The quantitative estimate of drug-likeness (QED) is 0.0450. The van der Waals surface area contributed by atoms with Crippen LogP contribution in [0.5, 0.6) is 0 Å². The number of nitrogens with zero attached hydrogens (tertiary/aromatic N) is 1. The number of carbonyl (C=O) groups excluding carboxylic acids is 3. The molecule has 4 rings (SSSR count). The van der Waals surface area contributed by atoms with Crippen LogP contribution in [0.15, 0.2) is 21.8 Å². The first-order chi connectivity index (χ1) is 26.2. The maximum Gasteiger partial charge on any atom is 0.342 e. The molecule has 314 valence electrons. The molecule has 0 spiro atoms. The van der Waals surface area contributed by atoms with E-state index in [1.165, 1.54) is 18.7 Å². The van der Waals surface area contributed by atoms with E-state index in [4.69, 9.17) is 19.1 Å². The van der Waals surface area contributed by atoms with Crippen molar-refractivity contribution in [3.8, 4) is 0 Å². The summed E-state index contributed by atoms with van der Waals surface area (Å²) < 4.78 is 54.5. The SMILES string of the molecule is CCC(SCCCS(=O)(=O)O)C(=O)NC1=N/C(=C(/F)c2[nH]c(NC(C)=O)c(COOC3C(C)CC(C)CC3C)c2C)C(C)=C1C(=O)OC1C(C)CC(C)CC1C. The molecule has 5 unspecified atom stereocenters. The van der Waals surface area contributed by atoms with Gasteiger partial charge in [0.1, 0.15) is 35.6 Å².